The molecule has 0 spiro atoms. The Morgan fingerprint density at radius 1 is 1.08 bits per heavy atom. The van der Waals surface area contributed by atoms with Crippen molar-refractivity contribution >= 4 is 23.8 Å². The fourth-order valence-corrected chi connectivity index (χ4v) is 2.02. The highest BCUT2D eigenvalue weighted by Gasteiger charge is 2.41. The minimum Gasteiger partial charge on any atom is -0.478 e. The van der Waals surface area contributed by atoms with E-state index in [-0.39, 0.29) is 13.1 Å². The van der Waals surface area contributed by atoms with Crippen LogP contribution in [0.5, 0.6) is 0 Å². The molecule has 1 N–H and O–H groups in total. The lowest BCUT2D eigenvalue weighted by Crippen LogP contribution is -2.51. The number of carbonyl (C=O) groups excluding carboxylic acids is 3. The lowest BCUT2D eigenvalue weighted by Gasteiger charge is -2.29. The number of hydrogen-bond donors (Lipinski definition) is 1. The summed E-state index contributed by atoms with van der Waals surface area (Å²) in [4.78, 5) is 47.9. The molecule has 0 radical (unpaired) electrons. The number of nitrogens with zero attached hydrogens (tertiary/aromatic N) is 1. The molecule has 0 rings (SSSR count). The molecular weight excluding hydrogens is 342 g/mol. The van der Waals surface area contributed by atoms with Crippen LogP contribution in [0, 0.1) is 0 Å². The summed E-state index contributed by atoms with van der Waals surface area (Å²) in [6, 6.07) is 0. The lowest BCUT2D eigenvalue weighted by molar-refractivity contribution is -0.183. The Morgan fingerprint density at radius 3 is 1.96 bits per heavy atom. The Morgan fingerprint density at radius 2 is 1.58 bits per heavy atom. The molecule has 0 heterocycles. The summed E-state index contributed by atoms with van der Waals surface area (Å²) in [6.07, 6.45) is -0.466. The number of carboxylic acids is 1. The second kappa shape index (κ2) is 10.9. The first kappa shape index (κ1) is 23.1. The maximum Gasteiger partial charge on any atom is 0.349 e. The number of carbonyl (C=O) groups is 4. The van der Waals surface area contributed by atoms with Crippen LogP contribution < -0.4 is 0 Å². The number of likely N-dealkylation sites (N-methyl/N-ethyl adjacent to an activating group) is 1. The summed E-state index contributed by atoms with van der Waals surface area (Å²) < 4.78 is 9.53. The molecule has 26 heavy (non-hydrogen) atoms. The molecule has 0 aromatic rings. The molecule has 0 aromatic heterocycles. The average Bonchev–Trinajstić information content (AvgIpc) is 2.54. The Kier molecular flexibility index (Phi) is 9.65. The molecule has 8 heteroatoms. The zero-order valence-corrected chi connectivity index (χ0v) is 15.5. The smallest absolute Gasteiger partial charge is 0.349 e. The highest BCUT2D eigenvalue weighted by molar-refractivity contribution is 5.91. The van der Waals surface area contributed by atoms with E-state index >= 15 is 0 Å². The van der Waals surface area contributed by atoms with Gasteiger partial charge in [-0.15, -0.1) is 0 Å². The van der Waals surface area contributed by atoms with Crippen molar-refractivity contribution in [2.24, 2.45) is 0 Å². The average molecular weight is 367 g/mol. The van der Waals surface area contributed by atoms with Gasteiger partial charge in [0.1, 0.15) is 0 Å². The van der Waals surface area contributed by atoms with E-state index in [9.17, 15) is 24.3 Å². The molecule has 2 atom stereocenters. The first-order valence-corrected chi connectivity index (χ1v) is 7.88. The van der Waals surface area contributed by atoms with Gasteiger partial charge in [-0.3, -0.25) is 14.4 Å². The molecule has 0 bridgehead atoms. The van der Waals surface area contributed by atoms with Gasteiger partial charge >= 0.3 is 17.9 Å². The first-order valence-electron chi connectivity index (χ1n) is 7.88. The van der Waals surface area contributed by atoms with Crippen LogP contribution >= 0.6 is 0 Å². The molecule has 0 aliphatic rings. The van der Waals surface area contributed by atoms with Crippen LogP contribution in [0.15, 0.2) is 36.5 Å². The Hall–Kier alpha value is -2.90. The van der Waals surface area contributed by atoms with Gasteiger partial charge in [0, 0.05) is 26.9 Å². The number of rotatable bonds is 10. The summed E-state index contributed by atoms with van der Waals surface area (Å²) in [5.41, 5.74) is 1.38. The van der Waals surface area contributed by atoms with Crippen molar-refractivity contribution in [2.45, 2.75) is 39.9 Å². The SMILES string of the molecule is C=C/C=C(/C)C(=C)CN(CC)C(=O)C(OC(C)=O)[C@@H](OC(C)=O)C(=O)O. The van der Waals surface area contributed by atoms with E-state index < -0.39 is 36.0 Å². The van der Waals surface area contributed by atoms with E-state index in [1.807, 2.05) is 0 Å². The number of amides is 1. The zero-order chi connectivity index (χ0) is 20.4. The van der Waals surface area contributed by atoms with Crippen molar-refractivity contribution in [1.29, 1.82) is 0 Å². The minimum absolute atomic E-state index is 0.0790. The summed E-state index contributed by atoms with van der Waals surface area (Å²) in [5, 5.41) is 9.27. The van der Waals surface area contributed by atoms with E-state index in [0.717, 1.165) is 19.4 Å². The van der Waals surface area contributed by atoms with Gasteiger partial charge in [0.05, 0.1) is 0 Å². The van der Waals surface area contributed by atoms with Gasteiger partial charge in [-0.1, -0.05) is 25.3 Å². The largest absolute Gasteiger partial charge is 0.478 e. The van der Waals surface area contributed by atoms with Crippen LogP contribution in [0.2, 0.25) is 0 Å². The molecule has 0 fully saturated rings. The predicted octanol–water partition coefficient (Wildman–Crippen LogP) is 1.47. The van der Waals surface area contributed by atoms with Crippen molar-refractivity contribution < 1.29 is 33.8 Å². The van der Waals surface area contributed by atoms with E-state index in [1.165, 1.54) is 4.90 Å². The highest BCUT2D eigenvalue weighted by atomic mass is 16.6. The highest BCUT2D eigenvalue weighted by Crippen LogP contribution is 2.14. The third kappa shape index (κ3) is 7.33. The molecule has 0 aliphatic heterocycles. The van der Waals surface area contributed by atoms with E-state index in [4.69, 9.17) is 4.74 Å². The third-order valence-electron chi connectivity index (χ3n) is 3.35. The number of allylic oxidation sites excluding steroid dienone is 2. The Bertz CT molecular complexity index is 621. The van der Waals surface area contributed by atoms with Gasteiger partial charge in [0.25, 0.3) is 5.91 Å². The second-order valence-electron chi connectivity index (χ2n) is 5.44. The summed E-state index contributed by atoms with van der Waals surface area (Å²) >= 11 is 0. The number of ether oxygens (including phenoxy) is 2. The fourth-order valence-electron chi connectivity index (χ4n) is 2.02. The lowest BCUT2D eigenvalue weighted by atomic mass is 10.1. The van der Waals surface area contributed by atoms with Gasteiger partial charge in [0.15, 0.2) is 0 Å². The standard InChI is InChI=1S/C18H25NO7/c1-7-9-11(3)12(4)10-19(8-2)17(22)15(25-13(5)20)16(18(23)24)26-14(6)21/h7,9,15-16H,1,4,8,10H2,2-3,5-6H3,(H,23,24)/b11-9-/t15?,16-/m1/s1. The van der Waals surface area contributed by atoms with Crippen LogP contribution in [0.25, 0.3) is 0 Å². The molecule has 0 saturated heterocycles. The Balaban J connectivity index is 5.65. The van der Waals surface area contributed by atoms with Gasteiger partial charge in [-0.05, 0) is 25.0 Å². The molecule has 1 unspecified atom stereocenters. The van der Waals surface area contributed by atoms with Gasteiger partial charge in [-0.25, -0.2) is 4.79 Å². The number of carboxylic acid groups (broad SMARTS) is 1. The molecule has 0 saturated carbocycles. The normalized spacial score (nSPS) is 13.2. The van der Waals surface area contributed by atoms with Gasteiger partial charge in [-0.2, -0.15) is 0 Å². The van der Waals surface area contributed by atoms with Crippen LogP contribution in [0.1, 0.15) is 27.7 Å². The fraction of sp³-hybridized carbons (Fsp3) is 0.444. The van der Waals surface area contributed by atoms with Crippen molar-refractivity contribution in [2.75, 3.05) is 13.1 Å². The zero-order valence-electron chi connectivity index (χ0n) is 15.5. The third-order valence-corrected chi connectivity index (χ3v) is 3.35. The van der Waals surface area contributed by atoms with Crippen LogP contribution in [0.4, 0.5) is 0 Å². The maximum atomic E-state index is 12.8. The van der Waals surface area contributed by atoms with Crippen molar-refractivity contribution in [1.82, 2.24) is 4.90 Å². The number of hydrogen-bond acceptors (Lipinski definition) is 6. The van der Waals surface area contributed by atoms with Crippen molar-refractivity contribution in [3.05, 3.63) is 36.5 Å². The number of aliphatic carboxylic acids is 1. The monoisotopic (exact) mass is 367 g/mol. The van der Waals surface area contributed by atoms with Crippen LogP contribution in [0.3, 0.4) is 0 Å². The second-order valence-corrected chi connectivity index (χ2v) is 5.44. The summed E-state index contributed by atoms with van der Waals surface area (Å²) in [5.74, 6) is -4.19. The molecule has 0 aromatic carbocycles. The van der Waals surface area contributed by atoms with E-state index in [2.05, 4.69) is 17.9 Å². The van der Waals surface area contributed by atoms with Gasteiger partial charge < -0.3 is 19.5 Å². The Labute approximate surface area is 152 Å². The molecule has 0 aliphatic carbocycles. The molecule has 1 amide bonds. The van der Waals surface area contributed by atoms with Gasteiger partial charge in [0.2, 0.25) is 12.2 Å². The number of esters is 2. The predicted molar refractivity (Wildman–Crippen MR) is 94.1 cm³/mol. The summed E-state index contributed by atoms with van der Waals surface area (Å²) in [7, 11) is 0. The topological polar surface area (TPSA) is 110 Å². The molecular formula is C18H25NO7. The molecule has 8 nitrogen and oxygen atoms in total. The first-order chi connectivity index (χ1) is 12.0. The minimum atomic E-state index is -1.95. The van der Waals surface area contributed by atoms with Crippen LogP contribution in [-0.2, 0) is 28.7 Å². The van der Waals surface area contributed by atoms with E-state index in [0.29, 0.717) is 5.57 Å². The quantitative estimate of drug-likeness (QED) is 0.460. The van der Waals surface area contributed by atoms with E-state index in [1.54, 1.807) is 26.0 Å². The van der Waals surface area contributed by atoms with Crippen molar-refractivity contribution in [3.63, 3.8) is 0 Å². The summed E-state index contributed by atoms with van der Waals surface area (Å²) in [6.45, 7) is 13.2. The molecule has 144 valence electrons. The maximum absolute atomic E-state index is 12.8. The van der Waals surface area contributed by atoms with Crippen molar-refractivity contribution in [3.8, 4) is 0 Å². The van der Waals surface area contributed by atoms with Crippen LogP contribution in [-0.4, -0.2) is 59.1 Å².